The van der Waals surface area contributed by atoms with Gasteiger partial charge in [0, 0.05) is 6.54 Å². The molecule has 0 saturated heterocycles. The number of aliphatic hydroxyl groups is 1. The Kier molecular flexibility index (Phi) is 3.99. The van der Waals surface area contributed by atoms with Crippen molar-refractivity contribution in [2.75, 3.05) is 5.32 Å². The van der Waals surface area contributed by atoms with Crippen LogP contribution in [0, 0.1) is 5.92 Å². The molecule has 112 valence electrons. The number of halogens is 1. The maximum absolute atomic E-state index is 12.2. The summed E-state index contributed by atoms with van der Waals surface area (Å²) in [5.41, 5.74) is -1.05. The van der Waals surface area contributed by atoms with Gasteiger partial charge in [-0.25, -0.2) is 4.68 Å². The second-order valence-corrected chi connectivity index (χ2v) is 7.40. The Morgan fingerprint density at radius 2 is 2.05 bits per heavy atom. The Balaban J connectivity index is 2.25. The first-order valence-electron chi connectivity index (χ1n) is 6.88. The normalized spacial score (nSPS) is 16.3. The average molecular weight is 344 g/mol. The lowest BCUT2D eigenvalue weighted by atomic mass is 9.86. The van der Waals surface area contributed by atoms with E-state index in [1.165, 1.54) is 17.5 Å². The number of anilines is 1. The van der Waals surface area contributed by atoms with Crippen molar-refractivity contribution in [1.29, 1.82) is 0 Å². The molecule has 1 saturated carbocycles. The van der Waals surface area contributed by atoms with Crippen molar-refractivity contribution in [3.8, 4) is 0 Å². The van der Waals surface area contributed by atoms with Crippen molar-refractivity contribution in [3.05, 3.63) is 21.0 Å². The molecule has 1 aliphatic carbocycles. The van der Waals surface area contributed by atoms with Crippen LogP contribution >= 0.6 is 15.9 Å². The molecule has 0 bridgehead atoms. The third kappa shape index (κ3) is 3.23. The van der Waals surface area contributed by atoms with Gasteiger partial charge in [-0.2, -0.15) is 5.10 Å². The van der Waals surface area contributed by atoms with E-state index in [-0.39, 0.29) is 5.56 Å². The summed E-state index contributed by atoms with van der Waals surface area (Å²) in [6, 6.07) is 0. The predicted octanol–water partition coefficient (Wildman–Crippen LogP) is 2.38. The molecule has 1 heterocycles. The molecule has 1 fully saturated rings. The van der Waals surface area contributed by atoms with Crippen molar-refractivity contribution in [3.63, 3.8) is 0 Å². The van der Waals surface area contributed by atoms with Gasteiger partial charge in [0.15, 0.2) is 0 Å². The van der Waals surface area contributed by atoms with Crippen LogP contribution in [0.4, 0.5) is 5.69 Å². The van der Waals surface area contributed by atoms with Gasteiger partial charge < -0.3 is 10.4 Å². The lowest BCUT2D eigenvalue weighted by Crippen LogP contribution is -2.51. The molecule has 0 amide bonds. The number of aromatic nitrogens is 2. The Labute approximate surface area is 127 Å². The van der Waals surface area contributed by atoms with E-state index in [0.717, 1.165) is 0 Å². The van der Waals surface area contributed by atoms with Crippen molar-refractivity contribution >= 4 is 21.6 Å². The summed E-state index contributed by atoms with van der Waals surface area (Å²) in [6.45, 7) is 7.92. The third-order valence-electron chi connectivity index (χ3n) is 4.09. The van der Waals surface area contributed by atoms with E-state index < -0.39 is 11.1 Å². The van der Waals surface area contributed by atoms with Gasteiger partial charge in [0.05, 0.1) is 23.0 Å². The standard InChI is InChI=1S/C14H22BrN3O2/c1-13(2,14(3,4)20)17-10-7-16-18(8-9-5-6-9)12(19)11(10)15/h7,9,17,20H,5-6,8H2,1-4H3. The maximum Gasteiger partial charge on any atom is 0.283 e. The lowest BCUT2D eigenvalue weighted by molar-refractivity contribution is 0.0240. The first kappa shape index (κ1) is 15.5. The SMILES string of the molecule is CC(C)(O)C(C)(C)Nc1cnn(CC2CC2)c(=O)c1Br. The van der Waals surface area contributed by atoms with Crippen LogP contribution in [-0.4, -0.2) is 26.0 Å². The average Bonchev–Trinajstić information content (AvgIpc) is 3.11. The number of nitrogens with zero attached hydrogens (tertiary/aromatic N) is 2. The molecule has 0 aliphatic heterocycles. The monoisotopic (exact) mass is 343 g/mol. The van der Waals surface area contributed by atoms with Crippen LogP contribution in [0.5, 0.6) is 0 Å². The number of nitrogens with one attached hydrogen (secondary N) is 1. The molecule has 20 heavy (non-hydrogen) atoms. The van der Waals surface area contributed by atoms with E-state index in [1.54, 1.807) is 20.0 Å². The Hall–Kier alpha value is -0.880. The number of hydrogen-bond acceptors (Lipinski definition) is 4. The second-order valence-electron chi connectivity index (χ2n) is 6.61. The molecule has 1 aromatic rings. The highest BCUT2D eigenvalue weighted by molar-refractivity contribution is 9.10. The van der Waals surface area contributed by atoms with Gasteiger partial charge in [0.25, 0.3) is 5.56 Å². The molecule has 2 N–H and O–H groups in total. The van der Waals surface area contributed by atoms with Crippen LogP contribution in [0.15, 0.2) is 15.5 Å². The zero-order valence-electron chi connectivity index (χ0n) is 12.4. The number of rotatable bonds is 5. The molecule has 2 rings (SSSR count). The van der Waals surface area contributed by atoms with E-state index in [0.29, 0.717) is 22.6 Å². The Bertz CT molecular complexity index is 557. The van der Waals surface area contributed by atoms with Gasteiger partial charge in [-0.3, -0.25) is 4.79 Å². The maximum atomic E-state index is 12.2. The van der Waals surface area contributed by atoms with E-state index in [9.17, 15) is 9.90 Å². The summed E-state index contributed by atoms with van der Waals surface area (Å²) >= 11 is 3.34. The summed E-state index contributed by atoms with van der Waals surface area (Å²) in [5, 5.41) is 17.6. The molecular weight excluding hydrogens is 322 g/mol. The topological polar surface area (TPSA) is 67.2 Å². The minimum absolute atomic E-state index is 0.131. The van der Waals surface area contributed by atoms with Crippen LogP contribution in [0.1, 0.15) is 40.5 Å². The van der Waals surface area contributed by atoms with Crippen LogP contribution in [-0.2, 0) is 6.54 Å². The molecule has 1 aliphatic rings. The first-order valence-corrected chi connectivity index (χ1v) is 7.67. The summed E-state index contributed by atoms with van der Waals surface area (Å²) in [5.74, 6) is 0.596. The smallest absolute Gasteiger partial charge is 0.283 e. The largest absolute Gasteiger partial charge is 0.388 e. The van der Waals surface area contributed by atoms with Gasteiger partial charge in [0.1, 0.15) is 4.47 Å². The zero-order chi connectivity index (χ0) is 15.1. The van der Waals surface area contributed by atoms with Gasteiger partial charge in [0.2, 0.25) is 0 Å². The fraction of sp³-hybridized carbons (Fsp3) is 0.714. The van der Waals surface area contributed by atoms with E-state index >= 15 is 0 Å². The quantitative estimate of drug-likeness (QED) is 0.861. The molecule has 5 nitrogen and oxygen atoms in total. The van der Waals surface area contributed by atoms with Crippen molar-refractivity contribution in [1.82, 2.24) is 9.78 Å². The minimum atomic E-state index is -0.935. The van der Waals surface area contributed by atoms with Crippen LogP contribution in [0.2, 0.25) is 0 Å². The van der Waals surface area contributed by atoms with Gasteiger partial charge >= 0.3 is 0 Å². The first-order chi connectivity index (χ1) is 9.12. The highest BCUT2D eigenvalue weighted by Gasteiger charge is 2.35. The van der Waals surface area contributed by atoms with Crippen molar-refractivity contribution in [2.45, 2.75) is 58.2 Å². The molecule has 0 unspecified atom stereocenters. The van der Waals surface area contributed by atoms with Gasteiger partial charge in [-0.05, 0) is 62.4 Å². The Morgan fingerprint density at radius 3 is 2.55 bits per heavy atom. The second kappa shape index (κ2) is 5.15. The fourth-order valence-corrected chi connectivity index (χ4v) is 2.12. The Morgan fingerprint density at radius 1 is 1.45 bits per heavy atom. The van der Waals surface area contributed by atoms with Crippen LogP contribution < -0.4 is 10.9 Å². The van der Waals surface area contributed by atoms with E-state index in [2.05, 4.69) is 26.3 Å². The highest BCUT2D eigenvalue weighted by atomic mass is 79.9. The minimum Gasteiger partial charge on any atom is -0.388 e. The molecule has 0 atom stereocenters. The van der Waals surface area contributed by atoms with E-state index in [1.807, 2.05) is 13.8 Å². The van der Waals surface area contributed by atoms with Crippen molar-refractivity contribution < 1.29 is 5.11 Å². The molecule has 1 aromatic heterocycles. The summed E-state index contributed by atoms with van der Waals surface area (Å²) in [7, 11) is 0. The highest BCUT2D eigenvalue weighted by Crippen LogP contribution is 2.31. The summed E-state index contributed by atoms with van der Waals surface area (Å²) in [4.78, 5) is 12.2. The number of hydrogen-bond donors (Lipinski definition) is 2. The molecule has 0 aromatic carbocycles. The molecule has 6 heteroatoms. The fourth-order valence-electron chi connectivity index (χ4n) is 1.72. The zero-order valence-corrected chi connectivity index (χ0v) is 14.0. The predicted molar refractivity (Wildman–Crippen MR) is 82.9 cm³/mol. The van der Waals surface area contributed by atoms with Crippen molar-refractivity contribution in [2.24, 2.45) is 5.92 Å². The molecule has 0 spiro atoms. The van der Waals surface area contributed by atoms with Gasteiger partial charge in [-0.1, -0.05) is 0 Å². The summed E-state index contributed by atoms with van der Waals surface area (Å²) < 4.78 is 1.97. The molecule has 0 radical (unpaired) electrons. The van der Waals surface area contributed by atoms with Gasteiger partial charge in [-0.15, -0.1) is 0 Å². The van der Waals surface area contributed by atoms with E-state index in [4.69, 9.17) is 0 Å². The van der Waals surface area contributed by atoms with Crippen LogP contribution in [0.25, 0.3) is 0 Å². The third-order valence-corrected chi connectivity index (χ3v) is 4.86. The van der Waals surface area contributed by atoms with Crippen LogP contribution in [0.3, 0.4) is 0 Å². The summed E-state index contributed by atoms with van der Waals surface area (Å²) in [6.07, 6.45) is 4.00. The molecular formula is C14H22BrN3O2. The lowest BCUT2D eigenvalue weighted by Gasteiger charge is -2.39.